The van der Waals surface area contributed by atoms with E-state index in [9.17, 15) is 0 Å². The van der Waals surface area contributed by atoms with Crippen molar-refractivity contribution in [3.8, 4) is 34.2 Å². The van der Waals surface area contributed by atoms with Crippen LogP contribution in [0.1, 0.15) is 25.0 Å². The number of allylic oxidation sites excluding steroid dienone is 1. The number of rotatable bonds is 6. The highest BCUT2D eigenvalue weighted by molar-refractivity contribution is 5.93. The SMILES string of the molecule is C1=C(c2cc(-c3nc4cccnc4n3-c3ccccc3)cc(-c3nc4cccnc4n3-c3ccccc3)c2)N(c2ccccc2)c2ncccc2C1.CC. The van der Waals surface area contributed by atoms with Crippen LogP contribution in [-0.4, -0.2) is 34.1 Å². The molecule has 0 atom stereocenters. The summed E-state index contributed by atoms with van der Waals surface area (Å²) >= 11 is 0. The molecule has 0 spiro atoms. The van der Waals surface area contributed by atoms with Gasteiger partial charge in [0, 0.05) is 46.8 Å². The lowest BCUT2D eigenvalue weighted by Crippen LogP contribution is -2.21. The van der Waals surface area contributed by atoms with E-state index in [-0.39, 0.29) is 0 Å². The van der Waals surface area contributed by atoms with Crippen molar-refractivity contribution in [2.45, 2.75) is 20.3 Å². The first-order valence-corrected chi connectivity index (χ1v) is 18.2. The van der Waals surface area contributed by atoms with E-state index in [0.29, 0.717) is 0 Å². The predicted octanol–water partition coefficient (Wildman–Crippen LogP) is 10.6. The van der Waals surface area contributed by atoms with Gasteiger partial charge in [-0.2, -0.15) is 0 Å². The largest absolute Gasteiger partial charge is 0.295 e. The molecule has 0 bridgehead atoms. The molecule has 8 heteroatoms. The molecule has 0 radical (unpaired) electrons. The lowest BCUT2D eigenvalue weighted by molar-refractivity contribution is 1.06. The van der Waals surface area contributed by atoms with Crippen molar-refractivity contribution in [2.75, 3.05) is 4.90 Å². The second kappa shape index (κ2) is 14.1. The van der Waals surface area contributed by atoms with Gasteiger partial charge in [-0.05, 0) is 102 Å². The van der Waals surface area contributed by atoms with E-state index in [0.717, 1.165) is 85.7 Å². The molecule has 6 heterocycles. The molecular weight excluding hydrogens is 665 g/mol. The number of benzene rings is 4. The summed E-state index contributed by atoms with van der Waals surface area (Å²) < 4.78 is 4.28. The van der Waals surface area contributed by atoms with Crippen LogP contribution in [0.2, 0.25) is 0 Å². The lowest BCUT2D eigenvalue weighted by Gasteiger charge is -2.32. The van der Waals surface area contributed by atoms with Crippen molar-refractivity contribution in [1.82, 2.24) is 34.1 Å². The molecule has 1 aliphatic rings. The van der Waals surface area contributed by atoms with Crippen molar-refractivity contribution in [3.05, 3.63) is 181 Å². The molecule has 5 aromatic heterocycles. The van der Waals surface area contributed by atoms with E-state index in [2.05, 4.69) is 92.9 Å². The third kappa shape index (κ3) is 5.70. The standard InChI is InChI=1S/C44H30N8.C2H6/c1-4-14-34(15-5-1)50-39(23-22-30-13-10-24-45-40(30)50)31-27-32(41-48-37-20-11-25-46-43(37)51(41)35-16-6-2-7-17-35)29-33(28-31)42-49-38-21-12-26-47-44(38)52(42)36-18-8-3-9-19-36;1-2/h1-21,23-29H,22H2;1-2H3. The van der Waals surface area contributed by atoms with Gasteiger partial charge in [0.05, 0.1) is 5.70 Å². The van der Waals surface area contributed by atoms with E-state index in [4.69, 9.17) is 24.9 Å². The second-order valence-corrected chi connectivity index (χ2v) is 12.7. The number of hydrogen-bond acceptors (Lipinski definition) is 6. The zero-order chi connectivity index (χ0) is 36.4. The first kappa shape index (κ1) is 32.7. The molecule has 260 valence electrons. The summed E-state index contributed by atoms with van der Waals surface area (Å²) in [7, 11) is 0. The Morgan fingerprint density at radius 1 is 0.463 bits per heavy atom. The minimum absolute atomic E-state index is 0.750. The maximum Gasteiger partial charge on any atom is 0.164 e. The maximum absolute atomic E-state index is 5.23. The molecule has 54 heavy (non-hydrogen) atoms. The average molecular weight is 701 g/mol. The molecule has 0 saturated heterocycles. The molecule has 8 nitrogen and oxygen atoms in total. The van der Waals surface area contributed by atoms with Crippen molar-refractivity contribution in [3.63, 3.8) is 0 Å². The van der Waals surface area contributed by atoms with E-state index in [1.54, 1.807) is 0 Å². The van der Waals surface area contributed by atoms with Gasteiger partial charge in [0.15, 0.2) is 11.3 Å². The van der Waals surface area contributed by atoms with Crippen LogP contribution in [0.5, 0.6) is 0 Å². The van der Waals surface area contributed by atoms with Gasteiger partial charge >= 0.3 is 0 Å². The Morgan fingerprint density at radius 3 is 1.46 bits per heavy atom. The number of para-hydroxylation sites is 3. The third-order valence-corrected chi connectivity index (χ3v) is 9.46. The van der Waals surface area contributed by atoms with Crippen LogP contribution in [0.15, 0.2) is 170 Å². The smallest absolute Gasteiger partial charge is 0.164 e. The quantitative estimate of drug-likeness (QED) is 0.172. The van der Waals surface area contributed by atoms with Gasteiger partial charge in [-0.1, -0.05) is 80.6 Å². The first-order chi connectivity index (χ1) is 26.8. The average Bonchev–Trinajstić information content (AvgIpc) is 3.85. The summed E-state index contributed by atoms with van der Waals surface area (Å²) in [6.07, 6.45) is 8.55. The monoisotopic (exact) mass is 700 g/mol. The van der Waals surface area contributed by atoms with Gasteiger partial charge in [0.25, 0.3) is 0 Å². The van der Waals surface area contributed by atoms with E-state index in [1.165, 1.54) is 5.56 Å². The van der Waals surface area contributed by atoms with Crippen molar-refractivity contribution in [2.24, 2.45) is 0 Å². The summed E-state index contributed by atoms with van der Waals surface area (Å²) in [4.78, 5) is 27.2. The lowest BCUT2D eigenvalue weighted by atomic mass is 9.97. The fraction of sp³-hybridized carbons (Fsp3) is 0.0652. The van der Waals surface area contributed by atoms with Gasteiger partial charge in [0.2, 0.25) is 0 Å². The van der Waals surface area contributed by atoms with Gasteiger partial charge in [-0.3, -0.25) is 14.0 Å². The molecule has 0 saturated carbocycles. The fourth-order valence-electron chi connectivity index (χ4n) is 7.18. The molecule has 0 aliphatic carbocycles. The highest BCUT2D eigenvalue weighted by atomic mass is 15.2. The number of fused-ring (bicyclic) bond motifs is 3. The molecule has 9 aromatic rings. The predicted molar refractivity (Wildman–Crippen MR) is 218 cm³/mol. The Labute approximate surface area is 313 Å². The Hall–Kier alpha value is -7.19. The van der Waals surface area contributed by atoms with Gasteiger partial charge in [-0.15, -0.1) is 0 Å². The second-order valence-electron chi connectivity index (χ2n) is 12.7. The molecule has 0 unspecified atom stereocenters. The minimum Gasteiger partial charge on any atom is -0.295 e. The highest BCUT2D eigenvalue weighted by Gasteiger charge is 2.27. The topological polar surface area (TPSA) is 77.5 Å². The molecule has 0 fully saturated rings. The summed E-state index contributed by atoms with van der Waals surface area (Å²) in [5, 5.41) is 0. The third-order valence-electron chi connectivity index (χ3n) is 9.46. The molecule has 4 aromatic carbocycles. The van der Waals surface area contributed by atoms with E-state index in [1.807, 2.05) is 105 Å². The Balaban J connectivity index is 0.00000189. The molecule has 0 N–H and O–H groups in total. The van der Waals surface area contributed by atoms with Gasteiger partial charge in [-0.25, -0.2) is 24.9 Å². The number of anilines is 2. The Bertz CT molecular complexity index is 2630. The fourth-order valence-corrected chi connectivity index (χ4v) is 7.18. The first-order valence-electron chi connectivity index (χ1n) is 18.2. The maximum atomic E-state index is 5.23. The van der Waals surface area contributed by atoms with Crippen LogP contribution in [0.4, 0.5) is 11.5 Å². The van der Waals surface area contributed by atoms with E-state index >= 15 is 0 Å². The number of hydrogen-bond donors (Lipinski definition) is 0. The van der Waals surface area contributed by atoms with Gasteiger partial charge < -0.3 is 0 Å². The molecule has 1 aliphatic heterocycles. The highest BCUT2D eigenvalue weighted by Crippen LogP contribution is 2.42. The zero-order valence-corrected chi connectivity index (χ0v) is 30.0. The van der Waals surface area contributed by atoms with Crippen molar-refractivity contribution < 1.29 is 0 Å². The van der Waals surface area contributed by atoms with Crippen LogP contribution in [0, 0.1) is 0 Å². The number of aromatic nitrogens is 7. The summed E-state index contributed by atoms with van der Waals surface area (Å²) in [5.41, 5.74) is 11.2. The molecular formula is C46H36N8. The summed E-state index contributed by atoms with van der Waals surface area (Å²) in [6.45, 7) is 4.00. The number of imidazole rings is 2. The van der Waals surface area contributed by atoms with Gasteiger partial charge in [0.1, 0.15) is 28.5 Å². The zero-order valence-electron chi connectivity index (χ0n) is 30.0. The van der Waals surface area contributed by atoms with Crippen molar-refractivity contribution >= 4 is 39.5 Å². The van der Waals surface area contributed by atoms with Crippen LogP contribution < -0.4 is 4.90 Å². The summed E-state index contributed by atoms with van der Waals surface area (Å²) in [6, 6.07) is 49.7. The normalized spacial score (nSPS) is 12.3. The van der Waals surface area contributed by atoms with Crippen LogP contribution >= 0.6 is 0 Å². The molecule has 10 rings (SSSR count). The molecule has 0 amide bonds. The summed E-state index contributed by atoms with van der Waals surface area (Å²) in [5.74, 6) is 2.48. The van der Waals surface area contributed by atoms with Crippen LogP contribution in [0.25, 0.3) is 62.2 Å². The number of pyridine rings is 3. The Morgan fingerprint density at radius 2 is 0.926 bits per heavy atom. The van der Waals surface area contributed by atoms with Crippen molar-refractivity contribution in [1.29, 1.82) is 0 Å². The number of nitrogens with zero attached hydrogens (tertiary/aromatic N) is 8. The van der Waals surface area contributed by atoms with Crippen LogP contribution in [-0.2, 0) is 6.42 Å². The van der Waals surface area contributed by atoms with Crippen LogP contribution in [0.3, 0.4) is 0 Å². The Kier molecular flexibility index (Phi) is 8.53. The van der Waals surface area contributed by atoms with E-state index < -0.39 is 0 Å². The minimum atomic E-state index is 0.750.